The summed E-state index contributed by atoms with van der Waals surface area (Å²) in [6, 6.07) is 14.1. The Morgan fingerprint density at radius 3 is 2.07 bits per heavy atom. The van der Waals surface area contributed by atoms with Crippen LogP contribution in [0.3, 0.4) is 0 Å². The quantitative estimate of drug-likeness (QED) is 0.0407. The number of unbranched alkanes of at least 4 members (excludes halogenated alkanes) is 1. The molecular weight excluding hydrogens is 942 g/mol. The van der Waals surface area contributed by atoms with E-state index in [0.717, 1.165) is 26.5 Å². The number of carbonyl (C=O) groups is 8. The number of hydrogen-bond acceptors (Lipinski definition) is 10. The maximum absolute atomic E-state index is 14.8. The van der Waals surface area contributed by atoms with Crippen molar-refractivity contribution in [3.63, 3.8) is 0 Å². The van der Waals surface area contributed by atoms with Gasteiger partial charge in [-0.05, 0) is 85.9 Å². The molecule has 21 heteroatoms. The number of para-hydroxylation sites is 1. The molecule has 0 saturated heterocycles. The van der Waals surface area contributed by atoms with Gasteiger partial charge in [-0.2, -0.15) is 0 Å². The van der Waals surface area contributed by atoms with Gasteiger partial charge in [0.15, 0.2) is 0 Å². The number of nitrogens with two attached hydrogens (primary N) is 4. The van der Waals surface area contributed by atoms with Crippen LogP contribution in [0, 0.1) is 0 Å². The third-order valence-electron chi connectivity index (χ3n) is 11.9. The lowest BCUT2D eigenvalue weighted by Crippen LogP contribution is -2.66. The third-order valence-corrected chi connectivity index (χ3v) is 12.6. The van der Waals surface area contributed by atoms with Gasteiger partial charge in [-0.1, -0.05) is 76.6 Å². The Morgan fingerprint density at radius 1 is 0.735 bits per heavy atom. The highest BCUT2D eigenvalue weighted by molar-refractivity contribution is 9.10. The fraction of sp³-hybridized carbons (Fsp3) is 0.404. The number of halogens is 1. The average Bonchev–Trinajstić information content (AvgIpc) is 3.71. The van der Waals surface area contributed by atoms with E-state index in [0.29, 0.717) is 36.9 Å². The van der Waals surface area contributed by atoms with Gasteiger partial charge < -0.3 is 64.9 Å². The number of carbonyl (C=O) groups excluding carboxylic acids is 7. The van der Waals surface area contributed by atoms with Crippen molar-refractivity contribution in [1.29, 1.82) is 0 Å². The van der Waals surface area contributed by atoms with Gasteiger partial charge in [-0.15, -0.1) is 0 Å². The molecule has 6 atom stereocenters. The number of fused-ring (bicyclic) bond motifs is 2. The molecule has 5 rings (SSSR count). The van der Waals surface area contributed by atoms with E-state index in [-0.39, 0.29) is 51.5 Å². The van der Waals surface area contributed by atoms with E-state index in [9.17, 15) is 43.5 Å². The average molecular weight is 1000 g/mol. The smallest absolute Gasteiger partial charge is 0.312 e. The van der Waals surface area contributed by atoms with E-state index in [1.807, 2.05) is 30.3 Å². The Kier molecular flexibility index (Phi) is 19.0. The third kappa shape index (κ3) is 14.6. The molecule has 1 unspecified atom stereocenters. The van der Waals surface area contributed by atoms with Crippen LogP contribution in [0.15, 0.2) is 83.5 Å². The second-order valence-electron chi connectivity index (χ2n) is 16.9. The van der Waals surface area contributed by atoms with E-state index in [4.69, 9.17) is 22.9 Å². The van der Waals surface area contributed by atoms with Crippen LogP contribution < -0.4 is 54.8 Å². The molecule has 68 heavy (non-hydrogen) atoms. The van der Waals surface area contributed by atoms with Crippen LogP contribution in [0.25, 0.3) is 10.9 Å². The normalized spacial score (nSPS) is 16.4. The van der Waals surface area contributed by atoms with Crippen molar-refractivity contribution < 1.29 is 43.5 Å². The highest BCUT2D eigenvalue weighted by atomic mass is 79.9. The number of benzene rings is 3. The number of rotatable bonds is 25. The van der Waals surface area contributed by atoms with Gasteiger partial charge >= 0.3 is 12.0 Å². The second-order valence-corrected chi connectivity index (χ2v) is 17.8. The van der Waals surface area contributed by atoms with Gasteiger partial charge in [0, 0.05) is 47.4 Å². The van der Waals surface area contributed by atoms with Crippen molar-refractivity contribution in [3.05, 3.63) is 106 Å². The Bertz CT molecular complexity index is 2450. The van der Waals surface area contributed by atoms with E-state index < -0.39 is 89.6 Å². The Labute approximate surface area is 401 Å². The number of carboxylic acid groups (broad SMARTS) is 1. The van der Waals surface area contributed by atoms with Crippen LogP contribution in [0.2, 0.25) is 0 Å². The van der Waals surface area contributed by atoms with Crippen molar-refractivity contribution in [2.24, 2.45) is 22.9 Å². The van der Waals surface area contributed by atoms with Gasteiger partial charge in [0.1, 0.15) is 29.7 Å². The number of aromatic nitrogens is 1. The Balaban J connectivity index is 1.47. The van der Waals surface area contributed by atoms with Crippen LogP contribution in [0.5, 0.6) is 0 Å². The Morgan fingerprint density at radius 2 is 1.38 bits per heavy atom. The molecule has 1 aliphatic carbocycles. The molecule has 1 aliphatic rings. The summed E-state index contributed by atoms with van der Waals surface area (Å²) in [6.45, 7) is 0.384. The van der Waals surface area contributed by atoms with Crippen LogP contribution in [-0.4, -0.2) is 106 Å². The molecule has 20 nitrogen and oxygen atoms in total. The number of carboxylic acids is 1. The number of hydrogen-bond donors (Lipinski definition) is 12. The van der Waals surface area contributed by atoms with E-state index in [2.05, 4.69) is 52.8 Å². The largest absolute Gasteiger partial charge is 0.481 e. The van der Waals surface area contributed by atoms with Crippen molar-refractivity contribution in [2.45, 2.75) is 106 Å². The maximum atomic E-state index is 14.8. The number of H-pyrrole nitrogens is 1. The van der Waals surface area contributed by atoms with Gasteiger partial charge in [-0.25, -0.2) is 4.79 Å². The first-order chi connectivity index (χ1) is 32.5. The van der Waals surface area contributed by atoms with Gasteiger partial charge in [0.2, 0.25) is 35.4 Å². The fourth-order valence-corrected chi connectivity index (χ4v) is 8.84. The summed E-state index contributed by atoms with van der Waals surface area (Å²) in [4.78, 5) is 110. The van der Waals surface area contributed by atoms with Gasteiger partial charge in [0.25, 0.3) is 0 Å². The number of amides is 8. The summed E-state index contributed by atoms with van der Waals surface area (Å²) in [7, 11) is 0. The number of primary amides is 2. The van der Waals surface area contributed by atoms with Crippen molar-refractivity contribution in [3.8, 4) is 0 Å². The minimum absolute atomic E-state index is 0.0192. The number of aliphatic carboxylic acids is 1. The first kappa shape index (κ1) is 52.1. The molecule has 1 aromatic heterocycles. The van der Waals surface area contributed by atoms with Crippen LogP contribution in [-0.2, 0) is 59.2 Å². The monoisotopic (exact) mass is 1000 g/mol. The summed E-state index contributed by atoms with van der Waals surface area (Å²) in [5.41, 5.74) is 24.6. The molecule has 0 bridgehead atoms. The zero-order valence-electron chi connectivity index (χ0n) is 37.5. The summed E-state index contributed by atoms with van der Waals surface area (Å²) >= 11 is 3.56. The molecule has 0 fully saturated rings. The minimum atomic E-state index is -1.69. The first-order valence-electron chi connectivity index (χ1n) is 22.4. The summed E-state index contributed by atoms with van der Waals surface area (Å²) < 4.78 is 0.797. The zero-order valence-corrected chi connectivity index (χ0v) is 39.1. The highest BCUT2D eigenvalue weighted by Gasteiger charge is 2.45. The van der Waals surface area contributed by atoms with Gasteiger partial charge in [0.05, 0.1) is 12.5 Å². The van der Waals surface area contributed by atoms with Crippen molar-refractivity contribution in [2.75, 3.05) is 13.1 Å². The molecule has 0 spiro atoms. The predicted molar refractivity (Wildman–Crippen MR) is 256 cm³/mol. The van der Waals surface area contributed by atoms with Crippen LogP contribution >= 0.6 is 15.9 Å². The summed E-state index contributed by atoms with van der Waals surface area (Å²) in [6.07, 6.45) is 2.55. The number of nitrogens with one attached hydrogen (secondary N) is 7. The molecular formula is C47H60BrN11O9. The van der Waals surface area contributed by atoms with Gasteiger partial charge in [-0.3, -0.25) is 33.6 Å². The van der Waals surface area contributed by atoms with Crippen LogP contribution in [0.4, 0.5) is 4.79 Å². The first-order valence-corrected chi connectivity index (χ1v) is 23.2. The van der Waals surface area contributed by atoms with Crippen molar-refractivity contribution in [1.82, 2.24) is 36.9 Å². The van der Waals surface area contributed by atoms with E-state index in [1.165, 1.54) is 0 Å². The topological polar surface area (TPSA) is 349 Å². The van der Waals surface area contributed by atoms with E-state index in [1.54, 1.807) is 48.7 Å². The maximum Gasteiger partial charge on any atom is 0.312 e. The molecule has 364 valence electrons. The predicted octanol–water partition coefficient (Wildman–Crippen LogP) is 0.564. The molecule has 0 aliphatic heterocycles. The molecule has 0 radical (unpaired) electrons. The van der Waals surface area contributed by atoms with Crippen LogP contribution in [0.1, 0.15) is 67.2 Å². The number of aromatic amines is 1. The molecule has 16 N–H and O–H groups in total. The molecule has 1 heterocycles. The molecule has 4 aromatic rings. The molecule has 8 amide bonds. The fourth-order valence-electron chi connectivity index (χ4n) is 8.23. The SMILES string of the molecule is NCCCC[C@H](NC(=O)[C@H](Cc1c[nH]c2ccccc12)NC(=O)[C@H](CCCNC(N)=O)NC(=O)[C@@H](Cc1ccccc1)NC(=O)C1(NC(=O)[C@@H](N)CC(=O)O)CCc2c(Br)cccc2C1)C(N)=O. The van der Waals surface area contributed by atoms with E-state index >= 15 is 0 Å². The highest BCUT2D eigenvalue weighted by Crippen LogP contribution is 2.34. The minimum Gasteiger partial charge on any atom is -0.481 e. The lowest BCUT2D eigenvalue weighted by molar-refractivity contribution is -0.141. The second kappa shape index (κ2) is 24.8. The lowest BCUT2D eigenvalue weighted by atomic mass is 9.76. The molecule has 3 aromatic carbocycles. The summed E-state index contributed by atoms with van der Waals surface area (Å²) in [5.74, 6) is -6.05. The Hall–Kier alpha value is -6.84. The van der Waals surface area contributed by atoms with Crippen molar-refractivity contribution >= 4 is 74.3 Å². The molecule has 0 saturated carbocycles. The zero-order chi connectivity index (χ0) is 49.4. The number of urea groups is 1. The standard InChI is InChI=1S/C47H60BrN11O9/c48-32-14-8-12-28-25-47(19-18-30(28)32,59-41(63)33(50)24-39(60)61)45(67)58-37(22-27-10-2-1-3-11-27)43(65)56-36(17-9-21-53-46(52)68)42(64)57-38(23-29-26-54-34-15-5-4-13-31(29)34)44(66)55-35(40(51)62)16-6-7-20-49/h1-5,8,10-15,26,33,35-38,54H,6-7,9,16-25,49-50H2,(H2,51,62)(H,55,66)(H,56,65)(H,57,64)(H,58,67)(H,59,63)(H,60,61)(H3,52,53,68)/t33-,35-,36-,37+,38-,47?/m0/s1. The summed E-state index contributed by atoms with van der Waals surface area (Å²) in [5, 5.41) is 26.4. The lowest BCUT2D eigenvalue weighted by Gasteiger charge is -2.39.